The van der Waals surface area contributed by atoms with Crippen LogP contribution in [0.4, 0.5) is 0 Å². The van der Waals surface area contributed by atoms with E-state index in [0.29, 0.717) is 24.4 Å². The smallest absolute Gasteiger partial charge is 0.252 e. The molecule has 7 heteroatoms. The Morgan fingerprint density at radius 3 is 2.63 bits per heavy atom. The lowest BCUT2D eigenvalue weighted by atomic mass is 10.2. The fraction of sp³-hybridized carbons (Fsp3) is 0.348. The van der Waals surface area contributed by atoms with Crippen molar-refractivity contribution in [1.82, 2.24) is 19.8 Å². The average molecular weight is 423 g/mol. The Kier molecular flexibility index (Phi) is 6.38. The number of benzene rings is 2. The number of nitrogens with zero attached hydrogens (tertiary/aromatic N) is 3. The topological polar surface area (TPSA) is 67.2 Å². The SMILES string of the molecule is Cc1nc2ccccc2n1CCNC(=O)c1ccccc1SCC(=O)N1CCCC1. The van der Waals surface area contributed by atoms with Crippen LogP contribution in [-0.4, -0.2) is 51.7 Å². The molecule has 1 saturated heterocycles. The fourth-order valence-corrected chi connectivity index (χ4v) is 4.78. The Balaban J connectivity index is 1.36. The van der Waals surface area contributed by atoms with E-state index in [1.165, 1.54) is 11.8 Å². The number of rotatable bonds is 7. The van der Waals surface area contributed by atoms with E-state index < -0.39 is 0 Å². The van der Waals surface area contributed by atoms with Gasteiger partial charge in [-0.05, 0) is 44.0 Å². The molecule has 30 heavy (non-hydrogen) atoms. The molecule has 0 aliphatic carbocycles. The minimum atomic E-state index is -0.117. The predicted octanol–water partition coefficient (Wildman–Crippen LogP) is 3.49. The van der Waals surface area contributed by atoms with Crippen LogP contribution in [0.1, 0.15) is 29.0 Å². The Morgan fingerprint density at radius 2 is 1.80 bits per heavy atom. The first-order chi connectivity index (χ1) is 14.6. The molecule has 1 N–H and O–H groups in total. The highest BCUT2D eigenvalue weighted by Crippen LogP contribution is 2.24. The first-order valence-electron chi connectivity index (χ1n) is 10.3. The van der Waals surface area contributed by atoms with E-state index in [0.717, 1.165) is 47.7 Å². The summed E-state index contributed by atoms with van der Waals surface area (Å²) < 4.78 is 2.12. The molecule has 3 aromatic rings. The minimum Gasteiger partial charge on any atom is -0.350 e. The van der Waals surface area contributed by atoms with Gasteiger partial charge in [0, 0.05) is 31.1 Å². The molecule has 1 aliphatic rings. The number of aromatic nitrogens is 2. The van der Waals surface area contributed by atoms with Crippen LogP contribution in [-0.2, 0) is 11.3 Å². The minimum absolute atomic E-state index is 0.117. The van der Waals surface area contributed by atoms with Crippen LogP contribution in [0.2, 0.25) is 0 Å². The van der Waals surface area contributed by atoms with Crippen LogP contribution in [0, 0.1) is 6.92 Å². The molecule has 0 bridgehead atoms. The Bertz CT molecular complexity index is 1060. The molecule has 0 saturated carbocycles. The van der Waals surface area contributed by atoms with Gasteiger partial charge < -0.3 is 14.8 Å². The number of amides is 2. The molecule has 2 aromatic carbocycles. The molecule has 6 nitrogen and oxygen atoms in total. The summed E-state index contributed by atoms with van der Waals surface area (Å²) in [4.78, 5) is 32.5. The second-order valence-electron chi connectivity index (χ2n) is 7.43. The van der Waals surface area contributed by atoms with E-state index in [1.54, 1.807) is 0 Å². The van der Waals surface area contributed by atoms with Crippen LogP contribution in [0.3, 0.4) is 0 Å². The lowest BCUT2D eigenvalue weighted by Gasteiger charge is -2.15. The van der Waals surface area contributed by atoms with Crippen molar-refractivity contribution in [2.24, 2.45) is 0 Å². The second-order valence-corrected chi connectivity index (χ2v) is 8.45. The molecular weight excluding hydrogens is 396 g/mol. The number of aryl methyl sites for hydroxylation is 1. The van der Waals surface area contributed by atoms with E-state index in [9.17, 15) is 9.59 Å². The summed E-state index contributed by atoms with van der Waals surface area (Å²) in [7, 11) is 0. The normalized spacial score (nSPS) is 13.7. The maximum Gasteiger partial charge on any atom is 0.252 e. The number of hydrogen-bond acceptors (Lipinski definition) is 4. The maximum absolute atomic E-state index is 12.8. The molecular formula is C23H26N4O2S. The van der Waals surface area contributed by atoms with Crippen molar-refractivity contribution >= 4 is 34.6 Å². The average Bonchev–Trinajstić information content (AvgIpc) is 3.40. The molecule has 1 aromatic heterocycles. The van der Waals surface area contributed by atoms with E-state index in [4.69, 9.17) is 0 Å². The summed E-state index contributed by atoms with van der Waals surface area (Å²) in [6.07, 6.45) is 2.17. The third kappa shape index (κ3) is 4.51. The fourth-order valence-electron chi connectivity index (χ4n) is 3.83. The number of carbonyl (C=O) groups excluding carboxylic acids is 2. The number of likely N-dealkylation sites (tertiary alicyclic amines) is 1. The highest BCUT2D eigenvalue weighted by molar-refractivity contribution is 8.00. The van der Waals surface area contributed by atoms with Crippen LogP contribution in [0.5, 0.6) is 0 Å². The maximum atomic E-state index is 12.8. The van der Waals surface area contributed by atoms with E-state index in [2.05, 4.69) is 14.9 Å². The lowest BCUT2D eigenvalue weighted by molar-refractivity contribution is -0.127. The van der Waals surface area contributed by atoms with Crippen LogP contribution in [0.15, 0.2) is 53.4 Å². The number of nitrogens with one attached hydrogen (secondary N) is 1. The van der Waals surface area contributed by atoms with Gasteiger partial charge in [-0.1, -0.05) is 24.3 Å². The van der Waals surface area contributed by atoms with Crippen molar-refractivity contribution < 1.29 is 9.59 Å². The molecule has 0 spiro atoms. The molecule has 2 heterocycles. The zero-order valence-electron chi connectivity index (χ0n) is 17.1. The third-order valence-electron chi connectivity index (χ3n) is 5.41. The monoisotopic (exact) mass is 422 g/mol. The third-order valence-corrected chi connectivity index (χ3v) is 6.47. The van der Waals surface area contributed by atoms with Gasteiger partial charge in [-0.15, -0.1) is 11.8 Å². The zero-order chi connectivity index (χ0) is 20.9. The molecule has 1 fully saturated rings. The van der Waals surface area contributed by atoms with E-state index in [-0.39, 0.29) is 11.8 Å². The Labute approximate surface area is 180 Å². The number of carbonyl (C=O) groups is 2. The molecule has 0 radical (unpaired) electrons. The quantitative estimate of drug-likeness (QED) is 0.592. The highest BCUT2D eigenvalue weighted by atomic mass is 32.2. The van der Waals surface area contributed by atoms with Gasteiger partial charge in [0.05, 0.1) is 22.3 Å². The summed E-state index contributed by atoms with van der Waals surface area (Å²) in [5, 5.41) is 3.02. The highest BCUT2D eigenvalue weighted by Gasteiger charge is 2.19. The van der Waals surface area contributed by atoms with Crippen molar-refractivity contribution in [2.75, 3.05) is 25.4 Å². The van der Waals surface area contributed by atoms with Crippen LogP contribution in [0.25, 0.3) is 11.0 Å². The van der Waals surface area contributed by atoms with Crippen molar-refractivity contribution in [2.45, 2.75) is 31.2 Å². The van der Waals surface area contributed by atoms with Crippen molar-refractivity contribution in [3.8, 4) is 0 Å². The number of fused-ring (bicyclic) bond motifs is 1. The molecule has 4 rings (SSSR count). The van der Waals surface area contributed by atoms with Crippen molar-refractivity contribution in [1.29, 1.82) is 0 Å². The zero-order valence-corrected chi connectivity index (χ0v) is 18.0. The van der Waals surface area contributed by atoms with Gasteiger partial charge in [0.1, 0.15) is 5.82 Å². The Morgan fingerprint density at radius 1 is 1.07 bits per heavy atom. The van der Waals surface area contributed by atoms with Gasteiger partial charge in [-0.2, -0.15) is 0 Å². The molecule has 0 atom stereocenters. The number of imidazole rings is 1. The number of thioether (sulfide) groups is 1. The van der Waals surface area contributed by atoms with Gasteiger partial charge >= 0.3 is 0 Å². The standard InChI is InChI=1S/C23H26N4O2S/c1-17-25-19-9-3-4-10-20(19)27(17)15-12-24-23(29)18-8-2-5-11-21(18)30-16-22(28)26-13-6-7-14-26/h2-5,8-11H,6-7,12-16H2,1H3,(H,24,29). The summed E-state index contributed by atoms with van der Waals surface area (Å²) >= 11 is 1.44. The van der Waals surface area contributed by atoms with Gasteiger partial charge in [0.15, 0.2) is 0 Å². The summed E-state index contributed by atoms with van der Waals surface area (Å²) in [5.41, 5.74) is 2.65. The lowest BCUT2D eigenvalue weighted by Crippen LogP contribution is -2.29. The first kappa shape index (κ1) is 20.5. The summed E-state index contributed by atoms with van der Waals surface area (Å²) in [6, 6.07) is 15.5. The van der Waals surface area contributed by atoms with Gasteiger partial charge in [0.25, 0.3) is 5.91 Å². The first-order valence-corrected chi connectivity index (χ1v) is 11.3. The van der Waals surface area contributed by atoms with E-state index in [1.807, 2.05) is 60.4 Å². The largest absolute Gasteiger partial charge is 0.350 e. The van der Waals surface area contributed by atoms with Crippen molar-refractivity contribution in [3.63, 3.8) is 0 Å². The van der Waals surface area contributed by atoms with Gasteiger partial charge in [-0.3, -0.25) is 9.59 Å². The Hall–Kier alpha value is -2.80. The molecule has 1 aliphatic heterocycles. The molecule has 156 valence electrons. The van der Waals surface area contributed by atoms with Crippen LogP contribution < -0.4 is 5.32 Å². The van der Waals surface area contributed by atoms with Crippen LogP contribution >= 0.6 is 11.8 Å². The molecule has 0 unspecified atom stereocenters. The van der Waals surface area contributed by atoms with Gasteiger partial charge in [-0.25, -0.2) is 4.98 Å². The molecule has 2 amide bonds. The van der Waals surface area contributed by atoms with E-state index >= 15 is 0 Å². The summed E-state index contributed by atoms with van der Waals surface area (Å²) in [6.45, 7) is 4.84. The summed E-state index contributed by atoms with van der Waals surface area (Å²) in [5.74, 6) is 1.33. The van der Waals surface area contributed by atoms with Gasteiger partial charge in [0.2, 0.25) is 5.91 Å². The number of hydrogen-bond donors (Lipinski definition) is 1. The number of para-hydroxylation sites is 2. The second kappa shape index (κ2) is 9.34. The predicted molar refractivity (Wildman–Crippen MR) is 120 cm³/mol. The van der Waals surface area contributed by atoms with Crippen molar-refractivity contribution in [3.05, 3.63) is 59.9 Å².